The number of nitrogens with one attached hydrogen (secondary N) is 1. The molecule has 5 rings (SSSR count). The van der Waals surface area contributed by atoms with Gasteiger partial charge in [-0.2, -0.15) is 8.78 Å². The van der Waals surface area contributed by atoms with Crippen LogP contribution in [0.1, 0.15) is 39.4 Å². The fourth-order valence-electron chi connectivity index (χ4n) is 5.08. The minimum absolute atomic E-state index is 0.0238. The van der Waals surface area contributed by atoms with Gasteiger partial charge in [0.05, 0.1) is 20.3 Å². The summed E-state index contributed by atoms with van der Waals surface area (Å²) >= 11 is 0. The van der Waals surface area contributed by atoms with E-state index >= 15 is 0 Å². The van der Waals surface area contributed by atoms with E-state index < -0.39 is 6.61 Å². The van der Waals surface area contributed by atoms with Crippen molar-refractivity contribution in [3.63, 3.8) is 0 Å². The summed E-state index contributed by atoms with van der Waals surface area (Å²) in [5.41, 5.74) is 6.13. The Bertz CT molecular complexity index is 1560. The highest BCUT2D eigenvalue weighted by Gasteiger charge is 2.21. The van der Waals surface area contributed by atoms with Crippen molar-refractivity contribution in [2.24, 2.45) is 0 Å². The second-order valence-corrected chi connectivity index (χ2v) is 10.2. The van der Waals surface area contributed by atoms with E-state index in [2.05, 4.69) is 34.3 Å². The van der Waals surface area contributed by atoms with Crippen LogP contribution in [0.4, 0.5) is 8.78 Å². The lowest BCUT2D eigenvalue weighted by Gasteiger charge is -2.26. The number of methoxy groups -OCH3 is 2. The molecule has 0 fully saturated rings. The third-order valence-corrected chi connectivity index (χ3v) is 7.29. The van der Waals surface area contributed by atoms with Gasteiger partial charge in [-0.3, -0.25) is 0 Å². The third-order valence-electron chi connectivity index (χ3n) is 7.29. The zero-order chi connectivity index (χ0) is 30.2. The van der Waals surface area contributed by atoms with E-state index in [4.69, 9.17) is 18.9 Å². The second kappa shape index (κ2) is 14.1. The van der Waals surface area contributed by atoms with E-state index in [0.29, 0.717) is 29.4 Å². The summed E-state index contributed by atoms with van der Waals surface area (Å²) in [6.07, 6.45) is 5.08. The number of ether oxygens (including phenoxy) is 5. The Morgan fingerprint density at radius 3 is 2.26 bits per heavy atom. The summed E-state index contributed by atoms with van der Waals surface area (Å²) in [5.74, 6) is 2.64. The van der Waals surface area contributed by atoms with Crippen molar-refractivity contribution in [3.05, 3.63) is 118 Å². The third kappa shape index (κ3) is 7.64. The molecular weight excluding hydrogens is 552 g/mol. The fourth-order valence-corrected chi connectivity index (χ4v) is 5.08. The Morgan fingerprint density at radius 2 is 1.51 bits per heavy atom. The molecule has 1 atom stereocenters. The number of halogens is 2. The van der Waals surface area contributed by atoms with Gasteiger partial charge in [-0.05, 0) is 83.1 Å². The van der Waals surface area contributed by atoms with Crippen molar-refractivity contribution in [1.29, 1.82) is 0 Å². The normalized spacial score (nSPS) is 14.4. The van der Waals surface area contributed by atoms with Crippen molar-refractivity contribution in [2.45, 2.75) is 39.2 Å². The molecule has 1 aliphatic heterocycles. The van der Waals surface area contributed by atoms with Crippen molar-refractivity contribution in [2.75, 3.05) is 20.8 Å². The average Bonchev–Trinajstić information content (AvgIpc) is 3.02. The molecule has 224 valence electrons. The molecule has 0 aromatic heterocycles. The topological polar surface area (TPSA) is 58.2 Å². The Labute approximate surface area is 250 Å². The smallest absolute Gasteiger partial charge is 0.387 e. The molecule has 6 nitrogen and oxygen atoms in total. The fraction of sp³-hybridized carbons (Fsp3) is 0.257. The SMILES string of the molecule is COc1cc(C)c(/C=C/C2NCCc3cc(OCc4ccccc4)c(OC)cc32)cc1OCc1cccc(OC(F)F)c1. The van der Waals surface area contributed by atoms with Gasteiger partial charge in [-0.25, -0.2) is 0 Å². The van der Waals surface area contributed by atoms with Gasteiger partial charge in [-0.1, -0.05) is 54.6 Å². The molecule has 0 saturated carbocycles. The summed E-state index contributed by atoms with van der Waals surface area (Å²) in [5, 5.41) is 3.59. The zero-order valence-corrected chi connectivity index (χ0v) is 24.4. The molecule has 8 heteroatoms. The van der Waals surface area contributed by atoms with Gasteiger partial charge in [0.25, 0.3) is 0 Å². The van der Waals surface area contributed by atoms with Crippen LogP contribution in [0.5, 0.6) is 28.7 Å². The largest absolute Gasteiger partial charge is 0.493 e. The Balaban J connectivity index is 1.34. The maximum atomic E-state index is 12.6. The second-order valence-electron chi connectivity index (χ2n) is 10.2. The first kappa shape index (κ1) is 29.9. The van der Waals surface area contributed by atoms with Crippen molar-refractivity contribution in [3.8, 4) is 28.7 Å². The molecule has 1 N–H and O–H groups in total. The molecule has 1 unspecified atom stereocenters. The van der Waals surface area contributed by atoms with Crippen molar-refractivity contribution >= 4 is 6.08 Å². The van der Waals surface area contributed by atoms with Gasteiger partial charge in [0.1, 0.15) is 19.0 Å². The van der Waals surface area contributed by atoms with Crippen LogP contribution in [0.25, 0.3) is 6.08 Å². The highest BCUT2D eigenvalue weighted by Crippen LogP contribution is 2.37. The number of rotatable bonds is 12. The standard InChI is InChI=1S/C35H35F2NO5/c1-23-16-31(39-2)33(42-22-25-10-7-11-28(17-25)43-35(36)37)18-26(23)12-13-30-29-20-32(40-3)34(19-27(29)14-15-38-30)41-21-24-8-5-4-6-9-24/h4-13,16-20,30,35,38H,14-15,21-22H2,1-3H3/b13-12+. The molecule has 1 heterocycles. The molecule has 0 aliphatic carbocycles. The van der Waals surface area contributed by atoms with Gasteiger partial charge < -0.3 is 29.0 Å². The van der Waals surface area contributed by atoms with Crippen LogP contribution >= 0.6 is 0 Å². The predicted octanol–water partition coefficient (Wildman–Crippen LogP) is 7.67. The van der Waals surface area contributed by atoms with Gasteiger partial charge in [0.15, 0.2) is 23.0 Å². The summed E-state index contributed by atoms with van der Waals surface area (Å²) in [6.45, 7) is 0.586. The van der Waals surface area contributed by atoms with E-state index in [9.17, 15) is 8.78 Å². The van der Waals surface area contributed by atoms with Gasteiger partial charge >= 0.3 is 6.61 Å². The van der Waals surface area contributed by atoms with Crippen LogP contribution in [-0.4, -0.2) is 27.4 Å². The minimum atomic E-state index is -2.88. The number of benzene rings is 4. The van der Waals surface area contributed by atoms with E-state index in [1.807, 2.05) is 49.4 Å². The molecule has 0 bridgehead atoms. The molecule has 4 aromatic carbocycles. The first-order chi connectivity index (χ1) is 20.9. The molecule has 43 heavy (non-hydrogen) atoms. The van der Waals surface area contributed by atoms with E-state index in [0.717, 1.165) is 41.0 Å². The summed E-state index contributed by atoms with van der Waals surface area (Å²) in [7, 11) is 3.24. The molecular formula is C35H35F2NO5. The van der Waals surface area contributed by atoms with Crippen molar-refractivity contribution in [1.82, 2.24) is 5.32 Å². The van der Waals surface area contributed by atoms with Crippen LogP contribution in [0, 0.1) is 6.92 Å². The Hall–Kier alpha value is -4.56. The zero-order valence-electron chi connectivity index (χ0n) is 24.4. The number of hydrogen-bond acceptors (Lipinski definition) is 6. The molecule has 1 aliphatic rings. The quantitative estimate of drug-likeness (QED) is 0.184. The lowest BCUT2D eigenvalue weighted by atomic mass is 9.92. The number of aryl methyl sites for hydroxylation is 1. The van der Waals surface area contributed by atoms with Crippen molar-refractivity contribution < 1.29 is 32.5 Å². The lowest BCUT2D eigenvalue weighted by molar-refractivity contribution is -0.0499. The minimum Gasteiger partial charge on any atom is -0.493 e. The molecule has 0 saturated heterocycles. The number of fused-ring (bicyclic) bond motifs is 1. The predicted molar refractivity (Wildman–Crippen MR) is 162 cm³/mol. The van der Waals surface area contributed by atoms with E-state index in [1.54, 1.807) is 26.4 Å². The highest BCUT2D eigenvalue weighted by molar-refractivity contribution is 5.61. The van der Waals surface area contributed by atoms with Crippen LogP contribution in [0.15, 0.2) is 84.9 Å². The molecule has 0 radical (unpaired) electrons. The number of hydrogen-bond donors (Lipinski definition) is 1. The van der Waals surface area contributed by atoms with Crippen LogP contribution in [0.2, 0.25) is 0 Å². The lowest BCUT2D eigenvalue weighted by Crippen LogP contribution is -2.28. The molecule has 0 amide bonds. The number of alkyl halides is 2. The van der Waals surface area contributed by atoms with Gasteiger partial charge in [0.2, 0.25) is 0 Å². The van der Waals surface area contributed by atoms with Crippen LogP contribution < -0.4 is 29.0 Å². The van der Waals surface area contributed by atoms with E-state index in [1.165, 1.54) is 17.7 Å². The summed E-state index contributed by atoms with van der Waals surface area (Å²) in [6, 6.07) is 24.5. The van der Waals surface area contributed by atoms with Crippen LogP contribution in [-0.2, 0) is 19.6 Å². The monoisotopic (exact) mass is 587 g/mol. The van der Waals surface area contributed by atoms with E-state index in [-0.39, 0.29) is 18.4 Å². The maximum absolute atomic E-state index is 12.6. The Morgan fingerprint density at radius 1 is 0.814 bits per heavy atom. The summed E-state index contributed by atoms with van der Waals surface area (Å²) < 4.78 is 53.2. The maximum Gasteiger partial charge on any atom is 0.387 e. The highest BCUT2D eigenvalue weighted by atomic mass is 19.3. The first-order valence-corrected chi connectivity index (χ1v) is 14.1. The van der Waals surface area contributed by atoms with Gasteiger partial charge in [-0.15, -0.1) is 0 Å². The molecule has 4 aromatic rings. The van der Waals surface area contributed by atoms with Crippen LogP contribution in [0.3, 0.4) is 0 Å². The average molecular weight is 588 g/mol. The summed E-state index contributed by atoms with van der Waals surface area (Å²) in [4.78, 5) is 0. The molecule has 0 spiro atoms. The Kier molecular flexibility index (Phi) is 9.79. The van der Waals surface area contributed by atoms with Gasteiger partial charge in [0, 0.05) is 6.54 Å². The first-order valence-electron chi connectivity index (χ1n) is 14.1.